The van der Waals surface area contributed by atoms with Crippen LogP contribution in [-0.2, 0) is 0 Å². The molecule has 0 amide bonds. The Morgan fingerprint density at radius 2 is 0.833 bits per heavy atom. The highest BCUT2D eigenvalue weighted by molar-refractivity contribution is 6.32. The smallest absolute Gasteiger partial charge is 0.200 e. The van der Waals surface area contributed by atoms with Gasteiger partial charge < -0.3 is 0 Å². The van der Waals surface area contributed by atoms with Crippen LogP contribution >= 0.6 is 0 Å². The van der Waals surface area contributed by atoms with Gasteiger partial charge in [-0.1, -0.05) is 0 Å². The molecule has 0 N–H and O–H groups in total. The van der Waals surface area contributed by atoms with E-state index in [2.05, 4.69) is 0 Å². The van der Waals surface area contributed by atoms with E-state index in [9.17, 15) is 22.0 Å². The summed E-state index contributed by atoms with van der Waals surface area (Å²) in [5.41, 5.74) is 0. The highest BCUT2D eigenvalue weighted by Gasteiger charge is 2.22. The first-order valence-corrected chi connectivity index (χ1v) is 3.51. The zero-order chi connectivity index (χ0) is 9.46. The lowest BCUT2D eigenvalue weighted by Crippen LogP contribution is -2.20. The predicted molar refractivity (Wildman–Crippen MR) is 34.4 cm³/mol. The van der Waals surface area contributed by atoms with Gasteiger partial charge in [0.05, 0.1) is 10.2 Å². The van der Waals surface area contributed by atoms with Crippen molar-refractivity contribution in [3.05, 3.63) is 29.1 Å². The molecule has 0 aliphatic rings. The minimum Gasteiger partial charge on any atom is -0.204 e. The fourth-order valence-electron chi connectivity index (χ4n) is 0.650. The van der Waals surface area contributed by atoms with Gasteiger partial charge in [-0.15, -0.1) is 0 Å². The maximum Gasteiger partial charge on any atom is 0.200 e. The summed E-state index contributed by atoms with van der Waals surface area (Å²) in [5, 5.41) is -0.841. The zero-order valence-electron chi connectivity index (χ0n) is 5.60. The first-order chi connectivity index (χ1) is 5.46. The lowest BCUT2D eigenvalue weighted by molar-refractivity contribution is 0.384. The second-order valence-corrected chi connectivity index (χ2v) is 2.76. The molecule has 65 valence electrons. The second kappa shape index (κ2) is 2.85. The third-order valence-electron chi connectivity index (χ3n) is 1.30. The van der Waals surface area contributed by atoms with Crippen LogP contribution in [0.4, 0.5) is 22.0 Å². The summed E-state index contributed by atoms with van der Waals surface area (Å²) in [7, 11) is 0.608. The minimum absolute atomic E-state index is 0.608. The van der Waals surface area contributed by atoms with Gasteiger partial charge in [0.1, 0.15) is 0 Å². The maximum absolute atomic E-state index is 12.4. The molecule has 0 aromatic heterocycles. The van der Waals surface area contributed by atoms with Gasteiger partial charge in [-0.3, -0.25) is 0 Å². The van der Waals surface area contributed by atoms with Gasteiger partial charge in [0.25, 0.3) is 0 Å². The highest BCUT2D eigenvalue weighted by atomic mass is 28.1. The largest absolute Gasteiger partial charge is 0.204 e. The standard InChI is InChI=1S/C6H2F5Si/c7-1-2(8)4(10)6(12)5(11)3(1)9/h12H2. The van der Waals surface area contributed by atoms with E-state index in [0.717, 1.165) is 0 Å². The highest BCUT2D eigenvalue weighted by Crippen LogP contribution is 2.14. The van der Waals surface area contributed by atoms with E-state index < -0.39 is 34.3 Å². The molecule has 6 heteroatoms. The third-order valence-corrected chi connectivity index (χ3v) is 1.92. The number of hydrogen-bond acceptors (Lipinski definition) is 0. The van der Waals surface area contributed by atoms with Crippen LogP contribution in [0.2, 0.25) is 0 Å². The fraction of sp³-hybridized carbons (Fsp3) is 0. The van der Waals surface area contributed by atoms with Crippen LogP contribution in [0.25, 0.3) is 0 Å². The van der Waals surface area contributed by atoms with E-state index in [4.69, 9.17) is 0 Å². The SMILES string of the molecule is Fc1c(F)c(F)c([SiH2])c(F)c1F. The lowest BCUT2D eigenvalue weighted by atomic mass is 10.3. The predicted octanol–water partition coefficient (Wildman–Crippen LogP) is 0.641. The summed E-state index contributed by atoms with van der Waals surface area (Å²) in [4.78, 5) is 0. The summed E-state index contributed by atoms with van der Waals surface area (Å²) >= 11 is 0. The first kappa shape index (κ1) is 9.18. The first-order valence-electron chi connectivity index (χ1n) is 2.80. The number of hydrogen-bond donors (Lipinski definition) is 0. The van der Waals surface area contributed by atoms with Crippen molar-refractivity contribution in [2.75, 3.05) is 0 Å². The minimum atomic E-state index is -2.12. The topological polar surface area (TPSA) is 0 Å². The maximum atomic E-state index is 12.4. The van der Waals surface area contributed by atoms with E-state index in [1.165, 1.54) is 0 Å². The molecule has 1 radical (unpaired) electrons. The van der Waals surface area contributed by atoms with Gasteiger partial charge in [0.15, 0.2) is 23.3 Å². The van der Waals surface area contributed by atoms with Crippen molar-refractivity contribution in [1.29, 1.82) is 0 Å². The summed E-state index contributed by atoms with van der Waals surface area (Å²) < 4.78 is 61.6. The Morgan fingerprint density at radius 1 is 0.583 bits per heavy atom. The van der Waals surface area contributed by atoms with E-state index in [1.807, 2.05) is 0 Å². The van der Waals surface area contributed by atoms with Crippen LogP contribution in [0.15, 0.2) is 0 Å². The molecule has 0 heterocycles. The van der Waals surface area contributed by atoms with E-state index in [0.29, 0.717) is 10.2 Å². The Balaban J connectivity index is 3.60. The summed E-state index contributed by atoms with van der Waals surface area (Å²) in [6.07, 6.45) is 0. The number of rotatable bonds is 0. The molecule has 0 fully saturated rings. The molecule has 0 saturated carbocycles. The Hall–Kier alpha value is -0.913. The Kier molecular flexibility index (Phi) is 2.18. The van der Waals surface area contributed by atoms with Gasteiger partial charge in [-0.05, 0) is 0 Å². The van der Waals surface area contributed by atoms with Crippen LogP contribution in [0.1, 0.15) is 0 Å². The van der Waals surface area contributed by atoms with Gasteiger partial charge >= 0.3 is 0 Å². The van der Waals surface area contributed by atoms with Crippen LogP contribution in [-0.4, -0.2) is 10.2 Å². The van der Waals surface area contributed by atoms with Gasteiger partial charge in [-0.2, -0.15) is 0 Å². The molecule has 1 rings (SSSR count). The van der Waals surface area contributed by atoms with Crippen LogP contribution in [0.5, 0.6) is 0 Å². The molecule has 12 heavy (non-hydrogen) atoms. The van der Waals surface area contributed by atoms with Crippen molar-refractivity contribution >= 4 is 15.4 Å². The molecule has 0 saturated heterocycles. The molecule has 0 unspecified atom stereocenters. The lowest BCUT2D eigenvalue weighted by Gasteiger charge is -2.02. The van der Waals surface area contributed by atoms with Gasteiger partial charge in [0.2, 0.25) is 5.82 Å². The fourth-order valence-corrected chi connectivity index (χ4v) is 0.961. The normalized spacial score (nSPS) is 10.5. The van der Waals surface area contributed by atoms with Crippen LogP contribution in [0, 0.1) is 29.1 Å². The van der Waals surface area contributed by atoms with Crippen molar-refractivity contribution in [2.45, 2.75) is 0 Å². The molecule has 0 aliphatic carbocycles. The Bertz CT molecular complexity index is 230. The Morgan fingerprint density at radius 3 is 1.17 bits per heavy atom. The molecule has 1 aromatic rings. The summed E-state index contributed by atoms with van der Waals surface area (Å²) in [5.74, 6) is -9.48. The van der Waals surface area contributed by atoms with E-state index >= 15 is 0 Å². The summed E-state index contributed by atoms with van der Waals surface area (Å²) in [6.45, 7) is 0. The second-order valence-electron chi connectivity index (χ2n) is 2.05. The number of benzene rings is 1. The molecule has 0 bridgehead atoms. The molecule has 0 atom stereocenters. The van der Waals surface area contributed by atoms with Crippen molar-refractivity contribution in [1.82, 2.24) is 0 Å². The molecule has 0 spiro atoms. The molecule has 1 aromatic carbocycles. The van der Waals surface area contributed by atoms with E-state index in [1.54, 1.807) is 0 Å². The molecule has 0 aliphatic heterocycles. The van der Waals surface area contributed by atoms with Crippen LogP contribution < -0.4 is 5.19 Å². The number of halogens is 5. The average Bonchev–Trinajstić information content (AvgIpc) is 2.08. The van der Waals surface area contributed by atoms with Crippen molar-refractivity contribution in [2.24, 2.45) is 0 Å². The molecule has 0 nitrogen and oxygen atoms in total. The molecular weight excluding hydrogens is 195 g/mol. The molecular formula is C6H2F5Si. The third kappa shape index (κ3) is 1.11. The van der Waals surface area contributed by atoms with E-state index in [-0.39, 0.29) is 0 Å². The van der Waals surface area contributed by atoms with Crippen molar-refractivity contribution in [3.63, 3.8) is 0 Å². The van der Waals surface area contributed by atoms with Crippen molar-refractivity contribution < 1.29 is 22.0 Å². The Labute approximate surface area is 67.4 Å². The quantitative estimate of drug-likeness (QED) is 0.248. The van der Waals surface area contributed by atoms with Gasteiger partial charge in [0, 0.05) is 5.19 Å². The average molecular weight is 197 g/mol. The van der Waals surface area contributed by atoms with Crippen LogP contribution in [0.3, 0.4) is 0 Å². The summed E-state index contributed by atoms with van der Waals surface area (Å²) in [6, 6.07) is 0. The van der Waals surface area contributed by atoms with Crippen molar-refractivity contribution in [3.8, 4) is 0 Å². The zero-order valence-corrected chi connectivity index (χ0v) is 7.01. The monoisotopic (exact) mass is 197 g/mol. The van der Waals surface area contributed by atoms with Gasteiger partial charge in [-0.25, -0.2) is 22.0 Å².